The van der Waals surface area contributed by atoms with E-state index in [2.05, 4.69) is 30.6 Å². The van der Waals surface area contributed by atoms with Gasteiger partial charge in [0.15, 0.2) is 0 Å². The third-order valence-corrected chi connectivity index (χ3v) is 5.00. The summed E-state index contributed by atoms with van der Waals surface area (Å²) in [5.41, 5.74) is 0. The number of methoxy groups -OCH3 is 1. The van der Waals surface area contributed by atoms with Gasteiger partial charge < -0.3 is 9.64 Å². The van der Waals surface area contributed by atoms with E-state index in [9.17, 15) is 4.79 Å². The van der Waals surface area contributed by atoms with Crippen molar-refractivity contribution >= 4 is 17.2 Å². The molecule has 20 heavy (non-hydrogen) atoms. The zero-order valence-electron chi connectivity index (χ0n) is 12.6. The molecule has 1 fully saturated rings. The number of amides is 1. The lowest BCUT2D eigenvalue weighted by Gasteiger charge is -2.25. The first kappa shape index (κ1) is 15.5. The molecular formula is C15H24N2O2S. The lowest BCUT2D eigenvalue weighted by atomic mass is 9.99. The van der Waals surface area contributed by atoms with Gasteiger partial charge in [-0.05, 0) is 24.3 Å². The van der Waals surface area contributed by atoms with Crippen molar-refractivity contribution in [1.29, 1.82) is 0 Å². The van der Waals surface area contributed by atoms with Crippen LogP contribution in [0.4, 0.5) is 0 Å². The Morgan fingerprint density at radius 1 is 1.50 bits per heavy atom. The molecule has 0 spiro atoms. The van der Waals surface area contributed by atoms with Gasteiger partial charge in [0.25, 0.3) is 0 Å². The molecule has 4 unspecified atom stereocenters. The highest BCUT2D eigenvalue weighted by atomic mass is 32.1. The maximum Gasteiger partial charge on any atom is 0.241 e. The van der Waals surface area contributed by atoms with E-state index in [-0.39, 0.29) is 24.2 Å². The predicted octanol–water partition coefficient (Wildman–Crippen LogP) is 2.63. The first-order chi connectivity index (χ1) is 9.58. The van der Waals surface area contributed by atoms with Gasteiger partial charge in [-0.15, -0.1) is 11.3 Å². The number of ether oxygens (including phenoxy) is 1. The van der Waals surface area contributed by atoms with Crippen molar-refractivity contribution < 1.29 is 9.53 Å². The van der Waals surface area contributed by atoms with Gasteiger partial charge in [-0.3, -0.25) is 10.1 Å². The third kappa shape index (κ3) is 3.05. The smallest absolute Gasteiger partial charge is 0.241 e. The van der Waals surface area contributed by atoms with Crippen LogP contribution in [0, 0.1) is 5.92 Å². The van der Waals surface area contributed by atoms with Crippen LogP contribution in [0.1, 0.15) is 38.2 Å². The van der Waals surface area contributed by atoms with E-state index < -0.39 is 0 Å². The maximum absolute atomic E-state index is 12.7. The van der Waals surface area contributed by atoms with Crippen LogP contribution in [0.15, 0.2) is 17.5 Å². The Morgan fingerprint density at radius 2 is 2.25 bits per heavy atom. The summed E-state index contributed by atoms with van der Waals surface area (Å²) in [6, 6.07) is 4.02. The molecule has 1 amide bonds. The second kappa shape index (κ2) is 6.70. The number of hydrogen-bond donors (Lipinski definition) is 1. The van der Waals surface area contributed by atoms with Crippen LogP contribution in [0.3, 0.4) is 0 Å². The Kier molecular flexibility index (Phi) is 5.18. The van der Waals surface area contributed by atoms with Crippen LogP contribution >= 0.6 is 11.3 Å². The Morgan fingerprint density at radius 3 is 2.80 bits per heavy atom. The number of carbonyl (C=O) groups is 1. The molecule has 1 saturated heterocycles. The molecule has 1 aromatic heterocycles. The van der Waals surface area contributed by atoms with E-state index in [0.717, 1.165) is 6.42 Å². The highest BCUT2D eigenvalue weighted by molar-refractivity contribution is 7.10. The molecule has 2 heterocycles. The molecule has 4 nitrogen and oxygen atoms in total. The van der Waals surface area contributed by atoms with Gasteiger partial charge >= 0.3 is 0 Å². The molecule has 1 N–H and O–H groups in total. The van der Waals surface area contributed by atoms with E-state index in [1.807, 2.05) is 17.9 Å². The molecule has 0 aromatic carbocycles. The van der Waals surface area contributed by atoms with Crippen LogP contribution < -0.4 is 5.32 Å². The van der Waals surface area contributed by atoms with Crippen molar-refractivity contribution in [2.75, 3.05) is 13.7 Å². The van der Waals surface area contributed by atoms with Crippen LogP contribution in [-0.4, -0.2) is 36.6 Å². The second-order valence-electron chi connectivity index (χ2n) is 5.48. The molecule has 1 aliphatic rings. The molecule has 0 saturated carbocycles. The molecule has 1 aromatic rings. The van der Waals surface area contributed by atoms with E-state index in [4.69, 9.17) is 4.74 Å². The highest BCUT2D eigenvalue weighted by Gasteiger charge is 2.42. The number of carbonyl (C=O) groups excluding carboxylic acids is 1. The number of nitrogens with one attached hydrogen (secondary N) is 1. The first-order valence-electron chi connectivity index (χ1n) is 7.21. The molecule has 0 aliphatic carbocycles. The summed E-state index contributed by atoms with van der Waals surface area (Å²) in [5, 5.41) is 5.56. The van der Waals surface area contributed by atoms with E-state index in [1.54, 1.807) is 18.4 Å². The summed E-state index contributed by atoms with van der Waals surface area (Å²) in [6.45, 7) is 6.87. The predicted molar refractivity (Wildman–Crippen MR) is 81.6 cm³/mol. The van der Waals surface area contributed by atoms with Gasteiger partial charge in [0, 0.05) is 18.5 Å². The third-order valence-electron chi connectivity index (χ3n) is 4.08. The zero-order chi connectivity index (χ0) is 14.7. The van der Waals surface area contributed by atoms with Crippen molar-refractivity contribution in [2.45, 2.75) is 45.5 Å². The average molecular weight is 296 g/mol. The summed E-state index contributed by atoms with van der Waals surface area (Å²) in [5.74, 6) is 0.537. The molecule has 4 atom stereocenters. The highest BCUT2D eigenvalue weighted by Crippen LogP contribution is 2.31. The van der Waals surface area contributed by atoms with Gasteiger partial charge in [-0.1, -0.05) is 26.3 Å². The van der Waals surface area contributed by atoms with Gasteiger partial charge in [0.2, 0.25) is 5.91 Å². The van der Waals surface area contributed by atoms with Crippen LogP contribution in [0.5, 0.6) is 0 Å². The van der Waals surface area contributed by atoms with Crippen LogP contribution in [0.25, 0.3) is 0 Å². The quantitative estimate of drug-likeness (QED) is 0.877. The zero-order valence-corrected chi connectivity index (χ0v) is 13.4. The largest absolute Gasteiger partial charge is 0.380 e. The molecule has 112 valence electrons. The minimum atomic E-state index is -0.0869. The fraction of sp³-hybridized carbons (Fsp3) is 0.667. The number of nitrogens with zero attached hydrogens (tertiary/aromatic N) is 1. The lowest BCUT2D eigenvalue weighted by Crippen LogP contribution is -2.38. The van der Waals surface area contributed by atoms with Crippen LogP contribution in [-0.2, 0) is 9.53 Å². The summed E-state index contributed by atoms with van der Waals surface area (Å²) >= 11 is 1.68. The molecular weight excluding hydrogens is 272 g/mol. The maximum atomic E-state index is 12.7. The summed E-state index contributed by atoms with van der Waals surface area (Å²) in [7, 11) is 1.69. The summed E-state index contributed by atoms with van der Waals surface area (Å²) in [4.78, 5) is 15.8. The fourth-order valence-electron chi connectivity index (χ4n) is 2.51. The molecule has 1 aliphatic heterocycles. The SMILES string of the molecule is CCC(C)C1NC(c2cccs2)N(CC(C)OC)C1=O. The Labute approximate surface area is 125 Å². The monoisotopic (exact) mass is 296 g/mol. The Bertz CT molecular complexity index is 435. The Balaban J connectivity index is 2.21. The van der Waals surface area contributed by atoms with E-state index >= 15 is 0 Å². The van der Waals surface area contributed by atoms with Gasteiger partial charge in [0.1, 0.15) is 6.17 Å². The van der Waals surface area contributed by atoms with Crippen molar-refractivity contribution in [3.8, 4) is 0 Å². The number of thiophene rings is 1. The topological polar surface area (TPSA) is 41.6 Å². The molecule has 0 bridgehead atoms. The summed E-state index contributed by atoms with van der Waals surface area (Å²) in [6.07, 6.45) is 1.02. The number of hydrogen-bond acceptors (Lipinski definition) is 4. The van der Waals surface area contributed by atoms with Crippen LogP contribution in [0.2, 0.25) is 0 Å². The second-order valence-corrected chi connectivity index (χ2v) is 6.46. The molecule has 5 heteroatoms. The molecule has 0 radical (unpaired) electrons. The Hall–Kier alpha value is -0.910. The number of rotatable bonds is 6. The lowest BCUT2D eigenvalue weighted by molar-refractivity contribution is -0.132. The van der Waals surface area contributed by atoms with Gasteiger partial charge in [0.05, 0.1) is 12.1 Å². The van der Waals surface area contributed by atoms with Gasteiger partial charge in [-0.25, -0.2) is 0 Å². The van der Waals surface area contributed by atoms with Crippen molar-refractivity contribution in [3.63, 3.8) is 0 Å². The van der Waals surface area contributed by atoms with Crippen molar-refractivity contribution in [1.82, 2.24) is 10.2 Å². The van der Waals surface area contributed by atoms with Gasteiger partial charge in [-0.2, -0.15) is 0 Å². The summed E-state index contributed by atoms with van der Waals surface area (Å²) < 4.78 is 5.33. The minimum absolute atomic E-state index is 0.0147. The minimum Gasteiger partial charge on any atom is -0.380 e. The standard InChI is InChI=1S/C15H24N2O2S/c1-5-10(2)13-15(18)17(9-11(3)19-4)14(16-13)12-7-6-8-20-12/h6-8,10-11,13-14,16H,5,9H2,1-4H3. The van der Waals surface area contributed by atoms with Crippen molar-refractivity contribution in [3.05, 3.63) is 22.4 Å². The van der Waals surface area contributed by atoms with E-state index in [1.165, 1.54) is 4.88 Å². The fourth-order valence-corrected chi connectivity index (χ4v) is 3.31. The first-order valence-corrected chi connectivity index (χ1v) is 8.09. The normalized spacial score (nSPS) is 26.0. The molecule has 2 rings (SSSR count). The average Bonchev–Trinajstić information content (AvgIpc) is 3.07. The van der Waals surface area contributed by atoms with Crippen molar-refractivity contribution in [2.24, 2.45) is 5.92 Å². The van der Waals surface area contributed by atoms with E-state index in [0.29, 0.717) is 12.5 Å².